The van der Waals surface area contributed by atoms with Gasteiger partial charge in [-0.05, 0) is 31.2 Å². The van der Waals surface area contributed by atoms with Crippen LogP contribution in [-0.2, 0) is 4.79 Å². The van der Waals surface area contributed by atoms with Gasteiger partial charge in [0.1, 0.15) is 12.1 Å². The highest BCUT2D eigenvalue weighted by molar-refractivity contribution is 7.99. The van der Waals surface area contributed by atoms with Gasteiger partial charge in [-0.1, -0.05) is 11.8 Å². The lowest BCUT2D eigenvalue weighted by Gasteiger charge is -2.02. The van der Waals surface area contributed by atoms with Crippen LogP contribution in [0.25, 0.3) is 11.5 Å². The number of nitrogens with one attached hydrogen (secondary N) is 2. The number of carbonyl (C=O) groups is 1. The van der Waals surface area contributed by atoms with Crippen molar-refractivity contribution in [2.45, 2.75) is 12.1 Å². The molecule has 0 fully saturated rings. The number of benzene rings is 1. The van der Waals surface area contributed by atoms with Crippen molar-refractivity contribution in [1.29, 1.82) is 0 Å². The molecule has 130 valence electrons. The molecular weight excluding hydrogens is 348 g/mol. The Morgan fingerprint density at radius 1 is 1.36 bits per heavy atom. The first-order chi connectivity index (χ1) is 12.2. The fourth-order valence-corrected chi connectivity index (χ4v) is 2.42. The first kappa shape index (κ1) is 16.8. The minimum absolute atomic E-state index is 0.00251. The molecule has 10 nitrogen and oxygen atoms in total. The van der Waals surface area contributed by atoms with Crippen LogP contribution >= 0.6 is 11.8 Å². The second-order valence-corrected chi connectivity index (χ2v) is 5.61. The quantitative estimate of drug-likeness (QED) is 0.593. The third kappa shape index (κ3) is 4.26. The van der Waals surface area contributed by atoms with Crippen molar-refractivity contribution in [3.63, 3.8) is 0 Å². The Kier molecular flexibility index (Phi) is 5.14. The Hall–Kier alpha value is -3.08. The fourth-order valence-electron chi connectivity index (χ4n) is 1.87. The van der Waals surface area contributed by atoms with E-state index < -0.39 is 11.6 Å². The molecule has 0 aliphatic carbocycles. The number of H-pyrrole nitrogens is 1. The zero-order chi connectivity index (χ0) is 17.6. The normalized spacial score (nSPS) is 10.6. The fraction of sp³-hybridized carbons (Fsp3) is 0.214. The lowest BCUT2D eigenvalue weighted by atomic mass is 10.2. The molecule has 0 aliphatic heterocycles. The SMILES string of the molecule is CCOc1ccc(-c2nnc(SCC(=O)Nn3cn[nH]c3=O)o2)cc1. The molecule has 0 aliphatic rings. The van der Waals surface area contributed by atoms with Gasteiger partial charge in [0.2, 0.25) is 11.8 Å². The standard InChI is InChI=1S/C14H14N6O4S/c1-2-23-10-5-3-9(4-6-10)12-16-18-14(24-12)25-7-11(21)19-20-8-15-17-13(20)22/h3-6,8H,2,7H2,1H3,(H,17,22)(H,19,21). The topological polar surface area (TPSA) is 128 Å². The molecule has 0 spiro atoms. The number of aromatic amines is 1. The van der Waals surface area contributed by atoms with Crippen LogP contribution in [0.2, 0.25) is 0 Å². The second-order valence-electron chi connectivity index (χ2n) is 4.69. The summed E-state index contributed by atoms with van der Waals surface area (Å²) in [7, 11) is 0. The van der Waals surface area contributed by atoms with E-state index in [0.717, 1.165) is 27.8 Å². The maximum Gasteiger partial charge on any atom is 0.362 e. The van der Waals surface area contributed by atoms with E-state index in [2.05, 4.69) is 25.8 Å². The largest absolute Gasteiger partial charge is 0.494 e. The molecule has 11 heteroatoms. The van der Waals surface area contributed by atoms with Crippen molar-refractivity contribution in [1.82, 2.24) is 25.1 Å². The summed E-state index contributed by atoms with van der Waals surface area (Å²) >= 11 is 1.06. The minimum Gasteiger partial charge on any atom is -0.494 e. The summed E-state index contributed by atoms with van der Waals surface area (Å²) < 4.78 is 11.8. The monoisotopic (exact) mass is 362 g/mol. The van der Waals surface area contributed by atoms with Crippen molar-refractivity contribution in [2.75, 3.05) is 17.8 Å². The minimum atomic E-state index is -0.533. The van der Waals surface area contributed by atoms with Gasteiger partial charge in [-0.15, -0.1) is 10.2 Å². The van der Waals surface area contributed by atoms with Gasteiger partial charge in [-0.3, -0.25) is 10.2 Å². The van der Waals surface area contributed by atoms with Crippen molar-refractivity contribution in [2.24, 2.45) is 0 Å². The number of rotatable bonds is 7. The number of hydrogen-bond acceptors (Lipinski definition) is 8. The van der Waals surface area contributed by atoms with E-state index in [4.69, 9.17) is 9.15 Å². The van der Waals surface area contributed by atoms with Crippen LogP contribution in [-0.4, -0.2) is 43.3 Å². The summed E-state index contributed by atoms with van der Waals surface area (Å²) in [5.41, 5.74) is 2.58. The molecule has 2 N–H and O–H groups in total. The van der Waals surface area contributed by atoms with E-state index in [1.165, 1.54) is 6.33 Å². The van der Waals surface area contributed by atoms with Crippen LogP contribution in [0.5, 0.6) is 5.75 Å². The molecule has 1 amide bonds. The Morgan fingerprint density at radius 2 is 2.16 bits per heavy atom. The van der Waals surface area contributed by atoms with Crippen LogP contribution in [0.1, 0.15) is 6.92 Å². The number of hydrogen-bond donors (Lipinski definition) is 2. The summed E-state index contributed by atoms with van der Waals surface area (Å²) in [6.07, 6.45) is 1.17. The molecule has 0 radical (unpaired) electrons. The van der Waals surface area contributed by atoms with Gasteiger partial charge < -0.3 is 9.15 Å². The zero-order valence-corrected chi connectivity index (χ0v) is 13.9. The predicted octanol–water partition coefficient (Wildman–Crippen LogP) is 0.882. The molecule has 3 aromatic rings. The van der Waals surface area contributed by atoms with E-state index in [-0.39, 0.29) is 11.0 Å². The molecule has 0 saturated heterocycles. The van der Waals surface area contributed by atoms with Gasteiger partial charge >= 0.3 is 5.69 Å². The van der Waals surface area contributed by atoms with E-state index in [1.807, 2.05) is 31.2 Å². The van der Waals surface area contributed by atoms with Crippen molar-refractivity contribution >= 4 is 17.7 Å². The van der Waals surface area contributed by atoms with E-state index in [1.54, 1.807) is 0 Å². The smallest absolute Gasteiger partial charge is 0.362 e. The Bertz CT molecular complexity index is 900. The highest BCUT2D eigenvalue weighted by atomic mass is 32.2. The summed E-state index contributed by atoms with van der Waals surface area (Å²) in [5, 5.41) is 13.8. The maximum atomic E-state index is 11.8. The summed E-state index contributed by atoms with van der Waals surface area (Å²) in [6.45, 7) is 2.50. The number of ether oxygens (including phenoxy) is 1. The molecule has 3 rings (SSSR count). The molecule has 2 aromatic heterocycles. The van der Waals surface area contributed by atoms with Crippen LogP contribution in [0.4, 0.5) is 0 Å². The average Bonchev–Trinajstić information content (AvgIpc) is 3.24. The molecule has 1 aromatic carbocycles. The Balaban J connectivity index is 1.57. The van der Waals surface area contributed by atoms with Gasteiger partial charge in [0.05, 0.1) is 12.4 Å². The number of nitrogens with zero attached hydrogens (tertiary/aromatic N) is 4. The van der Waals surface area contributed by atoms with E-state index in [0.29, 0.717) is 12.5 Å². The molecule has 0 bridgehead atoms. The van der Waals surface area contributed by atoms with Crippen molar-refractivity contribution < 1.29 is 13.9 Å². The molecule has 0 unspecified atom stereocenters. The first-order valence-electron chi connectivity index (χ1n) is 7.27. The molecule has 2 heterocycles. The third-order valence-electron chi connectivity index (χ3n) is 2.94. The summed E-state index contributed by atoms with van der Waals surface area (Å²) in [5.74, 6) is 0.695. The van der Waals surface area contributed by atoms with Gasteiger partial charge in [0.25, 0.3) is 5.22 Å². The number of thioether (sulfide) groups is 1. The molecule has 0 atom stereocenters. The summed E-state index contributed by atoms with van der Waals surface area (Å²) in [4.78, 5) is 23.0. The number of aromatic nitrogens is 5. The maximum absolute atomic E-state index is 11.8. The lowest BCUT2D eigenvalue weighted by molar-refractivity contribution is -0.114. The number of carbonyl (C=O) groups excluding carboxylic acids is 1. The highest BCUT2D eigenvalue weighted by Gasteiger charge is 2.12. The van der Waals surface area contributed by atoms with Crippen LogP contribution in [0.3, 0.4) is 0 Å². The zero-order valence-electron chi connectivity index (χ0n) is 13.1. The molecule has 0 saturated carbocycles. The van der Waals surface area contributed by atoms with Gasteiger partial charge in [0.15, 0.2) is 0 Å². The third-order valence-corrected chi connectivity index (χ3v) is 3.76. The second kappa shape index (κ2) is 7.66. The first-order valence-corrected chi connectivity index (χ1v) is 8.25. The molecule has 25 heavy (non-hydrogen) atoms. The predicted molar refractivity (Wildman–Crippen MR) is 88.8 cm³/mol. The van der Waals surface area contributed by atoms with Gasteiger partial charge in [-0.2, -0.15) is 9.77 Å². The highest BCUT2D eigenvalue weighted by Crippen LogP contribution is 2.24. The van der Waals surface area contributed by atoms with E-state index >= 15 is 0 Å². The van der Waals surface area contributed by atoms with Crippen molar-refractivity contribution in [3.05, 3.63) is 41.1 Å². The van der Waals surface area contributed by atoms with Crippen LogP contribution < -0.4 is 15.9 Å². The lowest BCUT2D eigenvalue weighted by Crippen LogP contribution is -2.31. The van der Waals surface area contributed by atoms with Gasteiger partial charge in [-0.25, -0.2) is 9.89 Å². The average molecular weight is 362 g/mol. The Morgan fingerprint density at radius 3 is 2.84 bits per heavy atom. The van der Waals surface area contributed by atoms with Crippen LogP contribution in [0, 0.1) is 0 Å². The van der Waals surface area contributed by atoms with Crippen LogP contribution in [0.15, 0.2) is 45.0 Å². The Labute approximate surface area is 145 Å². The number of amides is 1. The van der Waals surface area contributed by atoms with Crippen molar-refractivity contribution in [3.8, 4) is 17.2 Å². The van der Waals surface area contributed by atoms with Gasteiger partial charge in [0, 0.05) is 5.56 Å². The molecular formula is C14H14N6O4S. The van der Waals surface area contributed by atoms with E-state index in [9.17, 15) is 9.59 Å². The summed E-state index contributed by atoms with van der Waals surface area (Å²) in [6, 6.07) is 7.24.